The van der Waals surface area contributed by atoms with Crippen LogP contribution in [0.5, 0.6) is 0 Å². The van der Waals surface area contributed by atoms with E-state index in [0.29, 0.717) is 36.1 Å². The summed E-state index contributed by atoms with van der Waals surface area (Å²) >= 11 is 1.28. The Hall–Kier alpha value is -3.92. The first-order valence-electron chi connectivity index (χ1n) is 22.5. The molecule has 0 aliphatic carbocycles. The molecule has 1 saturated heterocycles. The zero-order valence-corrected chi connectivity index (χ0v) is 39.2. The van der Waals surface area contributed by atoms with E-state index in [4.69, 9.17) is 10.7 Å². The van der Waals surface area contributed by atoms with Crippen molar-refractivity contribution in [2.45, 2.75) is 156 Å². The van der Waals surface area contributed by atoms with Crippen LogP contribution in [-0.4, -0.2) is 107 Å². The number of anilines is 1. The third-order valence-corrected chi connectivity index (χ3v) is 13.1. The number of aromatic nitrogens is 1. The Balaban J connectivity index is 1.91. The van der Waals surface area contributed by atoms with E-state index in [9.17, 15) is 29.1 Å². The molecule has 15 heteroatoms. The number of piperidine rings is 1. The summed E-state index contributed by atoms with van der Waals surface area (Å²) in [5, 5.41) is 24.8. The number of nitrogens with one attached hydrogen (secondary N) is 4. The highest BCUT2D eigenvalue weighted by Gasteiger charge is 2.37. The second-order valence-electron chi connectivity index (χ2n) is 18.1. The van der Waals surface area contributed by atoms with Gasteiger partial charge in [0.2, 0.25) is 17.7 Å². The summed E-state index contributed by atoms with van der Waals surface area (Å²) in [4.78, 5) is 74.8. The minimum Gasteiger partial charge on any atom is -0.481 e. The Morgan fingerprint density at radius 3 is 2.33 bits per heavy atom. The SMILES string of the molecule is CCCCCCN(C(=O)[C@@H](NCC1CCCCN1C)[C@@H](C)CC)[C@H](C[C@@H](NC(C)=O)c1nc(C(=O)N[C@@H](Cc2ccc(NC(=O)CN)cc2)CC(C)(C)C(=O)O)cs1)C(C)C. The van der Waals surface area contributed by atoms with Crippen molar-refractivity contribution in [3.63, 3.8) is 0 Å². The van der Waals surface area contributed by atoms with Crippen LogP contribution >= 0.6 is 11.3 Å². The number of amides is 4. The number of carboxylic acids is 1. The van der Waals surface area contributed by atoms with Crippen LogP contribution in [0.4, 0.5) is 5.69 Å². The molecule has 61 heavy (non-hydrogen) atoms. The fraction of sp³-hybridized carbons (Fsp3) is 0.696. The summed E-state index contributed by atoms with van der Waals surface area (Å²) in [6, 6.07) is 5.79. The monoisotopic (exact) mass is 869 g/mol. The highest BCUT2D eigenvalue weighted by atomic mass is 32.1. The number of carbonyl (C=O) groups excluding carboxylic acids is 4. The maximum Gasteiger partial charge on any atom is 0.309 e. The molecule has 1 aromatic carbocycles. The van der Waals surface area contributed by atoms with Crippen molar-refractivity contribution in [1.29, 1.82) is 0 Å². The zero-order valence-electron chi connectivity index (χ0n) is 38.4. The molecule has 1 unspecified atom stereocenters. The van der Waals surface area contributed by atoms with Crippen molar-refractivity contribution in [1.82, 2.24) is 30.7 Å². The lowest BCUT2D eigenvalue weighted by molar-refractivity contribution is -0.147. The van der Waals surface area contributed by atoms with Gasteiger partial charge in [0, 0.05) is 49.2 Å². The van der Waals surface area contributed by atoms with Gasteiger partial charge in [0.05, 0.1) is 24.0 Å². The Bertz CT molecular complexity index is 1700. The zero-order chi connectivity index (χ0) is 45.3. The summed E-state index contributed by atoms with van der Waals surface area (Å²) in [6.07, 6.45) is 9.32. The molecule has 3 rings (SSSR count). The molecule has 0 saturated carbocycles. The molecule has 1 fully saturated rings. The molecule has 0 radical (unpaired) electrons. The van der Waals surface area contributed by atoms with Crippen molar-refractivity contribution in [2.75, 3.05) is 38.5 Å². The fourth-order valence-electron chi connectivity index (χ4n) is 8.14. The average molecular weight is 869 g/mol. The number of likely N-dealkylation sites (tertiary alicyclic amines) is 1. The van der Waals surface area contributed by atoms with Gasteiger partial charge >= 0.3 is 5.97 Å². The Morgan fingerprint density at radius 2 is 1.74 bits per heavy atom. The standard InChI is InChI=1S/C46H76N8O6S/c1-10-12-13-15-23-54(44(58)41(31(5)11-2)48-28-36-17-14-16-22-53(36)9)39(30(3)4)25-37(49-32(6)55)43-52-38(29-61-43)42(57)51-35(26-46(7,8)45(59)60)24-33-18-20-34(21-19-33)50-40(56)27-47/h18-21,29-31,35-37,39,41,48H,10-17,22-28,47H2,1-9H3,(H,49,55)(H,50,56)(H,51,57)(H,59,60)/t31-,35-,36?,37+,39+,41-/m0/s1. The summed E-state index contributed by atoms with van der Waals surface area (Å²) < 4.78 is 0. The third kappa shape index (κ3) is 16.4. The minimum absolute atomic E-state index is 0.0560. The van der Waals surface area contributed by atoms with Crippen LogP contribution in [0.1, 0.15) is 147 Å². The first-order chi connectivity index (χ1) is 28.9. The van der Waals surface area contributed by atoms with Crippen molar-refractivity contribution < 1.29 is 29.1 Å². The normalized spacial score (nSPS) is 17.2. The van der Waals surface area contributed by atoms with E-state index in [1.54, 1.807) is 31.4 Å². The minimum atomic E-state index is -1.14. The molecule has 1 aliphatic rings. The van der Waals surface area contributed by atoms with E-state index in [0.717, 1.165) is 57.2 Å². The number of unbranched alkanes of at least 4 members (excludes halogenated alkanes) is 3. The number of benzene rings is 1. The predicted molar refractivity (Wildman–Crippen MR) is 244 cm³/mol. The van der Waals surface area contributed by atoms with Gasteiger partial charge in [-0.25, -0.2) is 4.98 Å². The van der Waals surface area contributed by atoms with Gasteiger partial charge in [0.25, 0.3) is 5.91 Å². The van der Waals surface area contributed by atoms with Crippen LogP contribution in [0.15, 0.2) is 29.6 Å². The smallest absolute Gasteiger partial charge is 0.309 e. The summed E-state index contributed by atoms with van der Waals surface area (Å²) in [6.45, 7) is 17.7. The highest BCUT2D eigenvalue weighted by molar-refractivity contribution is 7.09. The summed E-state index contributed by atoms with van der Waals surface area (Å²) in [5.74, 6) is -1.74. The van der Waals surface area contributed by atoms with Crippen LogP contribution in [0.2, 0.25) is 0 Å². The first kappa shape index (κ1) is 51.4. The second kappa shape index (κ2) is 25.3. The van der Waals surface area contributed by atoms with E-state index >= 15 is 0 Å². The molecule has 14 nitrogen and oxygen atoms in total. The van der Waals surface area contributed by atoms with Gasteiger partial charge in [0.1, 0.15) is 10.7 Å². The molecule has 6 atom stereocenters. The van der Waals surface area contributed by atoms with Gasteiger partial charge < -0.3 is 41.9 Å². The molecular weight excluding hydrogens is 793 g/mol. The van der Waals surface area contributed by atoms with Crippen LogP contribution in [0.3, 0.4) is 0 Å². The number of hydrogen-bond acceptors (Lipinski definition) is 10. The maximum absolute atomic E-state index is 14.9. The maximum atomic E-state index is 14.9. The third-order valence-electron chi connectivity index (χ3n) is 12.2. The van der Waals surface area contributed by atoms with Gasteiger partial charge in [-0.1, -0.05) is 78.9 Å². The fourth-order valence-corrected chi connectivity index (χ4v) is 9.00. The molecule has 2 heterocycles. The van der Waals surface area contributed by atoms with Crippen LogP contribution in [0.25, 0.3) is 0 Å². The average Bonchev–Trinajstić information content (AvgIpc) is 3.71. The number of nitrogens with zero attached hydrogens (tertiary/aromatic N) is 3. The molecule has 342 valence electrons. The quantitative estimate of drug-likeness (QED) is 0.0578. The molecule has 7 N–H and O–H groups in total. The van der Waals surface area contributed by atoms with E-state index < -0.39 is 29.4 Å². The first-order valence-corrected chi connectivity index (χ1v) is 23.4. The number of carbonyl (C=O) groups is 5. The Morgan fingerprint density at radius 1 is 1.03 bits per heavy atom. The van der Waals surface area contributed by atoms with E-state index in [-0.39, 0.29) is 60.3 Å². The number of hydrogen-bond donors (Lipinski definition) is 6. The van der Waals surface area contributed by atoms with Gasteiger partial charge in [-0.3, -0.25) is 24.0 Å². The number of rotatable bonds is 26. The topological polar surface area (TPSA) is 199 Å². The van der Waals surface area contributed by atoms with Crippen molar-refractivity contribution in [2.24, 2.45) is 23.0 Å². The Kier molecular flexibility index (Phi) is 21.3. The number of aliphatic carboxylic acids is 1. The lowest BCUT2D eigenvalue weighted by Crippen LogP contribution is -2.57. The van der Waals surface area contributed by atoms with Crippen LogP contribution in [0, 0.1) is 17.3 Å². The van der Waals surface area contributed by atoms with Gasteiger partial charge in [-0.05, 0) is 95.5 Å². The summed E-state index contributed by atoms with van der Waals surface area (Å²) in [7, 11) is 2.17. The number of nitrogens with two attached hydrogens (primary N) is 1. The van der Waals surface area contributed by atoms with Crippen LogP contribution < -0.4 is 27.0 Å². The Labute approximate surface area is 369 Å². The lowest BCUT2D eigenvalue weighted by atomic mass is 9.84. The van der Waals surface area contributed by atoms with Crippen molar-refractivity contribution >= 4 is 46.6 Å². The number of likely N-dealkylation sites (N-methyl/N-ethyl adjacent to an activating group) is 1. The van der Waals surface area contributed by atoms with Gasteiger partial charge in [-0.15, -0.1) is 11.3 Å². The molecule has 2 aromatic rings. The molecule has 0 spiro atoms. The molecule has 1 aromatic heterocycles. The van der Waals surface area contributed by atoms with Gasteiger partial charge in [0.15, 0.2) is 0 Å². The summed E-state index contributed by atoms with van der Waals surface area (Å²) in [5.41, 5.74) is 5.86. The van der Waals surface area contributed by atoms with E-state index in [1.165, 1.54) is 31.1 Å². The van der Waals surface area contributed by atoms with E-state index in [1.807, 2.05) is 12.1 Å². The predicted octanol–water partition coefficient (Wildman–Crippen LogP) is 6.37. The van der Waals surface area contributed by atoms with E-state index in [2.05, 4.69) is 72.7 Å². The van der Waals surface area contributed by atoms with Gasteiger partial charge in [-0.2, -0.15) is 0 Å². The second-order valence-corrected chi connectivity index (χ2v) is 19.0. The molecule has 0 bridgehead atoms. The molecule has 1 aliphatic heterocycles. The largest absolute Gasteiger partial charge is 0.481 e. The number of carboxylic acid groups (broad SMARTS) is 1. The van der Waals surface area contributed by atoms with Crippen molar-refractivity contribution in [3.05, 3.63) is 45.9 Å². The van der Waals surface area contributed by atoms with Crippen LogP contribution in [-0.2, 0) is 25.6 Å². The number of thiazole rings is 1. The molecular formula is C46H76N8O6S. The molecule has 4 amide bonds. The highest BCUT2D eigenvalue weighted by Crippen LogP contribution is 2.30. The van der Waals surface area contributed by atoms with Crippen molar-refractivity contribution in [3.8, 4) is 0 Å². The lowest BCUT2D eigenvalue weighted by Gasteiger charge is -2.40.